The minimum atomic E-state index is -3.75. The van der Waals surface area contributed by atoms with E-state index < -0.39 is 16.5 Å². The highest BCUT2D eigenvalue weighted by atomic mass is 32.3. The van der Waals surface area contributed by atoms with Gasteiger partial charge in [-0.05, 0) is 42.2 Å². The Hall–Kier alpha value is -2.74. The van der Waals surface area contributed by atoms with E-state index in [-0.39, 0.29) is 30.0 Å². The molecule has 0 saturated heterocycles. The van der Waals surface area contributed by atoms with Crippen molar-refractivity contribution in [2.24, 2.45) is 0 Å². The minimum Gasteiger partial charge on any atom is -0.593 e. The van der Waals surface area contributed by atoms with Crippen LogP contribution < -0.4 is 9.47 Å². The molecule has 2 unspecified atom stereocenters. The summed E-state index contributed by atoms with van der Waals surface area (Å²) in [6.07, 6.45) is 2.46. The summed E-state index contributed by atoms with van der Waals surface area (Å²) in [5, 5.41) is 0. The molecule has 0 saturated carbocycles. The van der Waals surface area contributed by atoms with Crippen molar-refractivity contribution >= 4 is 10.4 Å². The maximum atomic E-state index is 13.5. The maximum absolute atomic E-state index is 13.5. The van der Waals surface area contributed by atoms with Gasteiger partial charge < -0.3 is 14.0 Å². The van der Waals surface area contributed by atoms with Crippen LogP contribution >= 0.6 is 0 Å². The van der Waals surface area contributed by atoms with Crippen LogP contribution in [0.5, 0.6) is 11.6 Å². The summed E-state index contributed by atoms with van der Waals surface area (Å²) in [5.41, 5.74) is 2.40. The molecule has 154 valence electrons. The smallest absolute Gasteiger partial charge is 0.272 e. The lowest BCUT2D eigenvalue weighted by Crippen LogP contribution is -2.48. The molecule has 1 aromatic heterocycles. The van der Waals surface area contributed by atoms with Gasteiger partial charge in [-0.1, -0.05) is 46.7 Å². The summed E-state index contributed by atoms with van der Waals surface area (Å²) >= 11 is 0. The number of benzene rings is 2. The van der Waals surface area contributed by atoms with Crippen LogP contribution in [0.4, 0.5) is 0 Å². The number of ether oxygens (including phenoxy) is 2. The third kappa shape index (κ3) is 3.60. The van der Waals surface area contributed by atoms with Crippen molar-refractivity contribution in [2.75, 3.05) is 13.2 Å². The zero-order chi connectivity index (χ0) is 20.6. The molecular formula is C23H22N2O4S. The Kier molecular flexibility index (Phi) is 5.02. The van der Waals surface area contributed by atoms with Gasteiger partial charge in [0.1, 0.15) is 12.4 Å². The van der Waals surface area contributed by atoms with E-state index in [9.17, 15) is 8.76 Å². The zero-order valence-corrected chi connectivity index (χ0v) is 17.2. The Morgan fingerprint density at radius 1 is 1.03 bits per heavy atom. The van der Waals surface area contributed by atoms with E-state index in [0.717, 1.165) is 0 Å². The van der Waals surface area contributed by atoms with Crippen LogP contribution in [0.25, 0.3) is 0 Å². The molecule has 2 heterocycles. The van der Waals surface area contributed by atoms with Crippen molar-refractivity contribution in [3.8, 4) is 11.6 Å². The molecule has 0 amide bonds. The molecule has 3 aromatic rings. The van der Waals surface area contributed by atoms with Crippen molar-refractivity contribution in [1.29, 1.82) is 0 Å². The van der Waals surface area contributed by atoms with E-state index in [1.165, 1.54) is 11.1 Å². The van der Waals surface area contributed by atoms with Gasteiger partial charge in [-0.3, -0.25) is 0 Å². The quantitative estimate of drug-likeness (QED) is 0.603. The normalized spacial score (nSPS) is 23.8. The topological polar surface area (TPSA) is 74.7 Å². The second-order valence-electron chi connectivity index (χ2n) is 7.58. The summed E-state index contributed by atoms with van der Waals surface area (Å²) in [6, 6.07) is 20.6. The van der Waals surface area contributed by atoms with Gasteiger partial charge >= 0.3 is 0 Å². The van der Waals surface area contributed by atoms with Gasteiger partial charge in [0.05, 0.1) is 12.6 Å². The number of hydrogen-bond donors (Lipinski definition) is 0. The van der Waals surface area contributed by atoms with Crippen LogP contribution in [-0.4, -0.2) is 39.1 Å². The molecule has 0 radical (unpaired) electrons. The molecule has 0 fully saturated rings. The first-order valence-corrected chi connectivity index (χ1v) is 11.4. The van der Waals surface area contributed by atoms with E-state index in [2.05, 4.69) is 17.1 Å². The Labute approximate surface area is 176 Å². The van der Waals surface area contributed by atoms with Gasteiger partial charge in [0, 0.05) is 12.3 Å². The van der Waals surface area contributed by atoms with Gasteiger partial charge in [-0.25, -0.2) is 4.98 Å². The minimum absolute atomic E-state index is 0.114. The van der Waals surface area contributed by atoms with E-state index in [1.54, 1.807) is 22.6 Å². The SMILES string of the molecule is O=[S+]1([O-])c2cccnc2OC(COc2ccccc2)CN1C1Cc2ccccc2C1. The fourth-order valence-electron chi connectivity index (χ4n) is 4.16. The number of pyridine rings is 1. The summed E-state index contributed by atoms with van der Waals surface area (Å²) in [7, 11) is -3.75. The van der Waals surface area contributed by atoms with Crippen LogP contribution in [0.1, 0.15) is 11.1 Å². The number of aromatic nitrogens is 1. The molecule has 30 heavy (non-hydrogen) atoms. The summed E-state index contributed by atoms with van der Waals surface area (Å²) < 4.78 is 40.6. The summed E-state index contributed by atoms with van der Waals surface area (Å²) in [4.78, 5) is 4.31. The Bertz CT molecular complexity index is 1070. The Balaban J connectivity index is 1.45. The average Bonchev–Trinajstić information content (AvgIpc) is 3.15. The Morgan fingerprint density at radius 2 is 1.73 bits per heavy atom. The molecule has 6 nitrogen and oxygen atoms in total. The van der Waals surface area contributed by atoms with Crippen molar-refractivity contribution in [3.63, 3.8) is 0 Å². The van der Waals surface area contributed by atoms with E-state index in [0.29, 0.717) is 18.6 Å². The first-order chi connectivity index (χ1) is 14.6. The molecule has 1 aliphatic carbocycles. The average molecular weight is 423 g/mol. The molecule has 5 rings (SSSR count). The number of sulfonamides is 1. The number of hydrogen-bond acceptors (Lipinski definition) is 5. The Morgan fingerprint density at radius 3 is 2.47 bits per heavy atom. The first kappa shape index (κ1) is 19.2. The van der Waals surface area contributed by atoms with Crippen molar-refractivity contribution in [3.05, 3.63) is 84.1 Å². The lowest BCUT2D eigenvalue weighted by atomic mass is 10.1. The molecule has 0 spiro atoms. The number of nitrogens with zero attached hydrogens (tertiary/aromatic N) is 2. The summed E-state index contributed by atoms with van der Waals surface area (Å²) in [6.45, 7) is 0.440. The lowest BCUT2D eigenvalue weighted by Gasteiger charge is -2.31. The van der Waals surface area contributed by atoms with Crippen molar-refractivity contribution in [1.82, 2.24) is 9.29 Å². The monoisotopic (exact) mass is 422 g/mol. The molecule has 0 bridgehead atoms. The lowest BCUT2D eigenvalue weighted by molar-refractivity contribution is 0.0989. The molecule has 2 aromatic carbocycles. The van der Waals surface area contributed by atoms with Crippen LogP contribution in [0.15, 0.2) is 77.8 Å². The molecule has 0 N–H and O–H groups in total. The highest BCUT2D eigenvalue weighted by Gasteiger charge is 2.45. The zero-order valence-electron chi connectivity index (χ0n) is 16.3. The molecule has 2 atom stereocenters. The highest BCUT2D eigenvalue weighted by molar-refractivity contribution is 7.95. The number of para-hydroxylation sites is 1. The van der Waals surface area contributed by atoms with Crippen molar-refractivity contribution < 1.29 is 18.2 Å². The highest BCUT2D eigenvalue weighted by Crippen LogP contribution is 2.37. The molecule has 2 aliphatic rings. The van der Waals surface area contributed by atoms with Crippen LogP contribution in [0, 0.1) is 0 Å². The van der Waals surface area contributed by atoms with E-state index >= 15 is 0 Å². The fourth-order valence-corrected chi connectivity index (χ4v) is 5.89. The third-order valence-corrected chi connectivity index (χ3v) is 7.53. The second kappa shape index (κ2) is 7.83. The van der Waals surface area contributed by atoms with E-state index in [1.807, 2.05) is 42.5 Å². The summed E-state index contributed by atoms with van der Waals surface area (Å²) in [5.74, 6) is 0.853. The first-order valence-electron chi connectivity index (χ1n) is 9.99. The predicted octanol–water partition coefficient (Wildman–Crippen LogP) is 3.29. The predicted molar refractivity (Wildman–Crippen MR) is 112 cm³/mol. The van der Waals surface area contributed by atoms with Gasteiger partial charge in [-0.15, -0.1) is 4.31 Å². The number of rotatable bonds is 4. The van der Waals surface area contributed by atoms with Crippen molar-refractivity contribution in [2.45, 2.75) is 29.9 Å². The van der Waals surface area contributed by atoms with Crippen LogP contribution in [-0.2, 0) is 27.5 Å². The number of fused-ring (bicyclic) bond motifs is 2. The fraction of sp³-hybridized carbons (Fsp3) is 0.261. The second-order valence-corrected chi connectivity index (χ2v) is 9.44. The molecular weight excluding hydrogens is 400 g/mol. The molecule has 1 aliphatic heterocycles. The van der Waals surface area contributed by atoms with Crippen LogP contribution in [0.3, 0.4) is 0 Å². The van der Waals surface area contributed by atoms with Gasteiger partial charge in [0.25, 0.3) is 5.88 Å². The largest absolute Gasteiger partial charge is 0.593 e. The standard InChI is InChI=1S/C23H22N2O4S/c26-30(27)22-11-6-12-24-23(22)29-21(16-28-20-9-2-1-3-10-20)15-25(30)19-13-17-7-4-5-8-18(17)14-19/h1-12,19,21H,13-16H2. The van der Waals surface area contributed by atoms with E-state index in [4.69, 9.17) is 9.47 Å². The molecule has 7 heteroatoms. The third-order valence-electron chi connectivity index (χ3n) is 5.60. The van der Waals surface area contributed by atoms with Crippen LogP contribution in [0.2, 0.25) is 0 Å². The van der Waals surface area contributed by atoms with Gasteiger partial charge in [0.15, 0.2) is 16.5 Å². The van der Waals surface area contributed by atoms with Gasteiger partial charge in [-0.2, -0.15) is 0 Å². The maximum Gasteiger partial charge on any atom is 0.272 e. The van der Waals surface area contributed by atoms with Gasteiger partial charge in [0.2, 0.25) is 4.90 Å².